The average Bonchev–Trinajstić information content (AvgIpc) is 3.17. The van der Waals surface area contributed by atoms with Crippen molar-refractivity contribution in [3.05, 3.63) is 131 Å². The summed E-state index contributed by atoms with van der Waals surface area (Å²) in [5.41, 5.74) is 2.63. The predicted molar refractivity (Wildman–Crippen MR) is 195 cm³/mol. The Kier molecular flexibility index (Phi) is 13.3. The van der Waals surface area contributed by atoms with E-state index in [-0.39, 0.29) is 44.5 Å². The smallest absolute Gasteiger partial charge is 0.373 e. The number of nitrogens with zero attached hydrogens (tertiary/aromatic N) is 6. The van der Waals surface area contributed by atoms with Crippen LogP contribution in [0, 0.1) is 0 Å². The lowest BCUT2D eigenvalue weighted by atomic mass is 10.0. The summed E-state index contributed by atoms with van der Waals surface area (Å²) in [6.45, 7) is 5.09. The molecule has 4 aromatic rings. The van der Waals surface area contributed by atoms with Crippen LogP contribution in [-0.2, 0) is 44.9 Å². The number of halogens is 3. The second-order valence-corrected chi connectivity index (χ2v) is 12.8. The molecule has 1 aliphatic rings. The summed E-state index contributed by atoms with van der Waals surface area (Å²) < 4.78 is 45.1. The van der Waals surface area contributed by atoms with E-state index in [2.05, 4.69) is 14.9 Å². The summed E-state index contributed by atoms with van der Waals surface area (Å²) in [6.07, 6.45) is 1.02. The number of carbonyl (C=O) groups excluding carboxylic acids is 3. The van der Waals surface area contributed by atoms with Crippen molar-refractivity contribution in [2.24, 2.45) is 0 Å². The summed E-state index contributed by atoms with van der Waals surface area (Å²) in [6, 6.07) is 23.8. The maximum atomic E-state index is 14.3. The maximum absolute atomic E-state index is 14.3. The minimum Gasteiger partial charge on any atom is -0.373 e. The monoisotopic (exact) mass is 728 g/mol. The highest BCUT2D eigenvalue weighted by Crippen LogP contribution is 2.27. The third-order valence-electron chi connectivity index (χ3n) is 9.01. The Hall–Kier alpha value is -5.56. The van der Waals surface area contributed by atoms with Gasteiger partial charge in [0.1, 0.15) is 11.7 Å². The quantitative estimate of drug-likeness (QED) is 0.125. The van der Waals surface area contributed by atoms with Crippen LogP contribution in [0.4, 0.5) is 18.9 Å². The van der Waals surface area contributed by atoms with Crippen LogP contribution in [0.1, 0.15) is 35.0 Å². The Bertz CT molecular complexity index is 1820. The zero-order valence-electron chi connectivity index (χ0n) is 29.8. The minimum atomic E-state index is -4.59. The number of pyridine rings is 2. The van der Waals surface area contributed by atoms with E-state index in [0.29, 0.717) is 31.7 Å². The molecule has 0 bridgehead atoms. The molecule has 278 valence electrons. The Labute approximate surface area is 307 Å². The number of amides is 3. The van der Waals surface area contributed by atoms with Gasteiger partial charge in [0.15, 0.2) is 0 Å². The van der Waals surface area contributed by atoms with Gasteiger partial charge >= 0.3 is 6.18 Å². The van der Waals surface area contributed by atoms with Crippen molar-refractivity contribution < 1.29 is 32.3 Å². The summed E-state index contributed by atoms with van der Waals surface area (Å²) in [7, 11) is 1.66. The normalized spacial score (nSPS) is 13.9. The van der Waals surface area contributed by atoms with Crippen LogP contribution in [0.15, 0.2) is 103 Å². The fraction of sp³-hybridized carbons (Fsp3) is 0.325. The number of aromatic nitrogens is 2. The lowest BCUT2D eigenvalue weighted by Gasteiger charge is -2.36. The number of likely N-dealkylation sites (N-methyl/N-ethyl adjacent to an activating group) is 1. The van der Waals surface area contributed by atoms with Crippen LogP contribution >= 0.6 is 0 Å². The van der Waals surface area contributed by atoms with Crippen LogP contribution in [-0.4, -0.2) is 94.8 Å². The van der Waals surface area contributed by atoms with Crippen molar-refractivity contribution in [1.82, 2.24) is 24.7 Å². The maximum Gasteiger partial charge on any atom is 0.433 e. The molecule has 0 spiro atoms. The van der Waals surface area contributed by atoms with Gasteiger partial charge in [-0.3, -0.25) is 24.4 Å². The first-order chi connectivity index (χ1) is 25.5. The topological polar surface area (TPSA) is 99.2 Å². The molecule has 10 nitrogen and oxygen atoms in total. The number of rotatable bonds is 14. The highest BCUT2D eigenvalue weighted by molar-refractivity contribution is 5.95. The van der Waals surface area contributed by atoms with E-state index in [1.54, 1.807) is 25.1 Å². The molecule has 5 rings (SSSR count). The van der Waals surface area contributed by atoms with Crippen molar-refractivity contribution >= 4 is 29.5 Å². The molecule has 1 saturated heterocycles. The number of piperazine rings is 1. The SMILES string of the molecule is CC(=O)N1CCN(c2ccc(CN(C(=O)C=Cc3ccc(C(F)(F)F)nc3)C(Cc3ccccc3)C(=O)N(C)CCOCc3ccccn3)cc2)CC1. The van der Waals surface area contributed by atoms with E-state index < -0.39 is 23.8 Å². The Morgan fingerprint density at radius 3 is 2.23 bits per heavy atom. The number of carbonyl (C=O) groups is 3. The van der Waals surface area contributed by atoms with E-state index in [0.717, 1.165) is 34.8 Å². The van der Waals surface area contributed by atoms with E-state index in [1.165, 1.54) is 23.1 Å². The molecule has 0 saturated carbocycles. The van der Waals surface area contributed by atoms with Crippen molar-refractivity contribution in [2.75, 3.05) is 51.3 Å². The first kappa shape index (κ1) is 38.7. The molecule has 1 unspecified atom stereocenters. The fourth-order valence-corrected chi connectivity index (χ4v) is 5.96. The summed E-state index contributed by atoms with van der Waals surface area (Å²) >= 11 is 0. The van der Waals surface area contributed by atoms with Crippen molar-refractivity contribution in [3.8, 4) is 0 Å². The number of hydrogen-bond donors (Lipinski definition) is 0. The second kappa shape index (κ2) is 18.3. The molecule has 1 fully saturated rings. The highest BCUT2D eigenvalue weighted by Gasteiger charge is 2.33. The molecule has 3 heterocycles. The Balaban J connectivity index is 1.38. The molecule has 2 aromatic heterocycles. The molecule has 53 heavy (non-hydrogen) atoms. The zero-order chi connectivity index (χ0) is 37.8. The summed E-state index contributed by atoms with van der Waals surface area (Å²) in [5, 5.41) is 0. The average molecular weight is 729 g/mol. The van der Waals surface area contributed by atoms with Gasteiger partial charge in [-0.15, -0.1) is 0 Å². The number of benzene rings is 2. The summed E-state index contributed by atoms with van der Waals surface area (Å²) in [5.74, 6) is -0.743. The molecule has 0 aliphatic carbocycles. The van der Waals surface area contributed by atoms with E-state index >= 15 is 0 Å². The molecule has 0 N–H and O–H groups in total. The fourth-order valence-electron chi connectivity index (χ4n) is 5.96. The second-order valence-electron chi connectivity index (χ2n) is 12.8. The van der Waals surface area contributed by atoms with E-state index in [1.807, 2.05) is 77.7 Å². The van der Waals surface area contributed by atoms with Crippen LogP contribution in [0.25, 0.3) is 6.08 Å². The standard InChI is InChI=1S/C40H43F3N6O4/c1-30(50)47-20-22-48(23-21-47)35-15-11-33(12-16-35)28-49(38(51)18-14-32-13-17-37(45-27-32)40(41,42)43)36(26-31-8-4-3-5-9-31)39(52)46(2)24-25-53-29-34-10-6-7-19-44-34/h3-19,27,36H,20-26,28-29H2,1-2H3. The molecule has 2 aromatic carbocycles. The van der Waals surface area contributed by atoms with Crippen molar-refractivity contribution in [2.45, 2.75) is 38.7 Å². The third-order valence-corrected chi connectivity index (χ3v) is 9.01. The molecule has 1 aliphatic heterocycles. The molecule has 3 amide bonds. The van der Waals surface area contributed by atoms with Gasteiger partial charge in [0.2, 0.25) is 17.7 Å². The molecular weight excluding hydrogens is 685 g/mol. The van der Waals surface area contributed by atoms with Crippen LogP contribution in [0.2, 0.25) is 0 Å². The van der Waals surface area contributed by atoms with Gasteiger partial charge in [-0.25, -0.2) is 0 Å². The van der Waals surface area contributed by atoms with Crippen molar-refractivity contribution in [3.63, 3.8) is 0 Å². The first-order valence-electron chi connectivity index (χ1n) is 17.4. The highest BCUT2D eigenvalue weighted by atomic mass is 19.4. The zero-order valence-corrected chi connectivity index (χ0v) is 29.8. The molecule has 1 atom stereocenters. The van der Waals surface area contributed by atoms with Crippen LogP contribution < -0.4 is 4.90 Å². The number of alkyl halides is 3. The van der Waals surface area contributed by atoms with E-state index in [9.17, 15) is 27.6 Å². The third kappa shape index (κ3) is 11.2. The number of anilines is 1. The van der Waals surface area contributed by atoms with Gasteiger partial charge < -0.3 is 24.3 Å². The van der Waals surface area contributed by atoms with Gasteiger partial charge in [0.05, 0.1) is 18.9 Å². The van der Waals surface area contributed by atoms with Gasteiger partial charge in [-0.2, -0.15) is 13.2 Å². The summed E-state index contributed by atoms with van der Waals surface area (Å²) in [4.78, 5) is 55.0. The predicted octanol–water partition coefficient (Wildman–Crippen LogP) is 5.49. The first-order valence-corrected chi connectivity index (χ1v) is 17.4. The van der Waals surface area contributed by atoms with Crippen LogP contribution in [0.3, 0.4) is 0 Å². The van der Waals surface area contributed by atoms with Crippen molar-refractivity contribution in [1.29, 1.82) is 0 Å². The van der Waals surface area contributed by atoms with Gasteiger partial charge in [-0.05, 0) is 53.1 Å². The lowest BCUT2D eigenvalue weighted by molar-refractivity contribution is -0.143. The molecule has 0 radical (unpaired) electrons. The largest absolute Gasteiger partial charge is 0.433 e. The molecular formula is C40H43F3N6O4. The van der Waals surface area contributed by atoms with E-state index in [4.69, 9.17) is 4.74 Å². The van der Waals surface area contributed by atoms with Gasteiger partial charge in [0, 0.05) is 83.8 Å². The van der Waals surface area contributed by atoms with Crippen LogP contribution in [0.5, 0.6) is 0 Å². The number of ether oxygens (including phenoxy) is 1. The minimum absolute atomic E-state index is 0.0515. The van der Waals surface area contributed by atoms with Gasteiger partial charge in [0.25, 0.3) is 0 Å². The Morgan fingerprint density at radius 1 is 0.887 bits per heavy atom. The lowest BCUT2D eigenvalue weighted by Crippen LogP contribution is -2.51. The number of hydrogen-bond acceptors (Lipinski definition) is 7. The van der Waals surface area contributed by atoms with Gasteiger partial charge in [-0.1, -0.05) is 54.6 Å². The Morgan fingerprint density at radius 2 is 1.60 bits per heavy atom. The molecule has 13 heteroatoms.